The third kappa shape index (κ3) is 3.60. The first kappa shape index (κ1) is 21.1. The zero-order valence-corrected chi connectivity index (χ0v) is 15.9. The fourth-order valence-electron chi connectivity index (χ4n) is 3.69. The van der Waals surface area contributed by atoms with Crippen LogP contribution in [0, 0.1) is 0 Å². The Morgan fingerprint density at radius 1 is 0.871 bits per heavy atom. The largest absolute Gasteiger partial charge is 0.508 e. The minimum absolute atomic E-state index is 0.0240. The van der Waals surface area contributed by atoms with Crippen LogP contribution < -0.4 is 5.43 Å². The van der Waals surface area contributed by atoms with Gasteiger partial charge in [0, 0.05) is 29.3 Å². The maximum atomic E-state index is 12.5. The first-order valence-electron chi connectivity index (χ1n) is 9.35. The van der Waals surface area contributed by atoms with Gasteiger partial charge >= 0.3 is 0 Å². The maximum absolute atomic E-state index is 12.5. The molecule has 0 bridgehead atoms. The van der Waals surface area contributed by atoms with Gasteiger partial charge in [0.15, 0.2) is 5.43 Å². The van der Waals surface area contributed by atoms with Gasteiger partial charge in [-0.1, -0.05) is 0 Å². The van der Waals surface area contributed by atoms with Crippen LogP contribution in [0.1, 0.15) is 11.7 Å². The highest BCUT2D eigenvalue weighted by Gasteiger charge is 2.44. The van der Waals surface area contributed by atoms with Crippen LogP contribution in [-0.2, 0) is 4.74 Å². The van der Waals surface area contributed by atoms with Gasteiger partial charge in [-0.15, -0.1) is 0 Å². The third-order valence-corrected chi connectivity index (χ3v) is 5.31. The van der Waals surface area contributed by atoms with Crippen molar-refractivity contribution in [1.82, 2.24) is 0 Å². The van der Waals surface area contributed by atoms with Crippen LogP contribution in [0.3, 0.4) is 0 Å². The van der Waals surface area contributed by atoms with Gasteiger partial charge in [0.2, 0.25) is 0 Å². The Hall–Kier alpha value is -3.15. The number of aromatic hydroxyl groups is 3. The van der Waals surface area contributed by atoms with Crippen molar-refractivity contribution in [3.8, 4) is 28.6 Å². The fourth-order valence-corrected chi connectivity index (χ4v) is 3.69. The van der Waals surface area contributed by atoms with E-state index in [1.54, 1.807) is 0 Å². The molecule has 0 amide bonds. The van der Waals surface area contributed by atoms with Crippen molar-refractivity contribution >= 4 is 11.0 Å². The van der Waals surface area contributed by atoms with Gasteiger partial charge in [0.25, 0.3) is 0 Å². The molecule has 3 aromatic rings. The van der Waals surface area contributed by atoms with E-state index in [-0.39, 0.29) is 39.4 Å². The number of hydrogen-bond donors (Lipinski definition) is 7. The van der Waals surface area contributed by atoms with Crippen molar-refractivity contribution in [3.05, 3.63) is 52.2 Å². The molecular formula is C21H20O10. The van der Waals surface area contributed by atoms with Gasteiger partial charge in [0.1, 0.15) is 64.5 Å². The number of benzene rings is 2. The molecular weight excluding hydrogens is 412 g/mol. The number of phenols is 3. The van der Waals surface area contributed by atoms with E-state index in [1.165, 1.54) is 24.3 Å². The molecule has 7 N–H and O–H groups in total. The summed E-state index contributed by atoms with van der Waals surface area (Å²) in [6, 6.07) is 7.33. The van der Waals surface area contributed by atoms with Gasteiger partial charge in [-0.25, -0.2) is 0 Å². The summed E-state index contributed by atoms with van der Waals surface area (Å²) in [5, 5.41) is 69.5. The predicted octanol–water partition coefficient (Wildman–Crippen LogP) is 0.0917. The molecule has 0 unspecified atom stereocenters. The van der Waals surface area contributed by atoms with E-state index in [9.17, 15) is 40.5 Å². The first-order valence-corrected chi connectivity index (χ1v) is 9.35. The van der Waals surface area contributed by atoms with Crippen LogP contribution >= 0.6 is 0 Å². The first-order chi connectivity index (χ1) is 14.7. The minimum atomic E-state index is -1.64. The highest BCUT2D eigenvalue weighted by Crippen LogP contribution is 2.39. The lowest BCUT2D eigenvalue weighted by atomic mass is 9.90. The lowest BCUT2D eigenvalue weighted by Crippen LogP contribution is -2.55. The third-order valence-electron chi connectivity index (χ3n) is 5.31. The molecule has 31 heavy (non-hydrogen) atoms. The summed E-state index contributed by atoms with van der Waals surface area (Å²) in [5.74, 6) is -1.01. The highest BCUT2D eigenvalue weighted by atomic mass is 16.5. The molecule has 1 aromatic heterocycles. The van der Waals surface area contributed by atoms with Crippen molar-refractivity contribution in [2.24, 2.45) is 0 Å². The van der Waals surface area contributed by atoms with Crippen LogP contribution in [0.15, 0.2) is 45.6 Å². The Labute approximate surface area is 174 Å². The molecule has 4 rings (SSSR count). The van der Waals surface area contributed by atoms with Crippen LogP contribution in [0.5, 0.6) is 17.2 Å². The Kier molecular flexibility index (Phi) is 5.33. The number of hydrogen-bond acceptors (Lipinski definition) is 10. The number of ether oxygens (including phenoxy) is 1. The summed E-state index contributed by atoms with van der Waals surface area (Å²) in [4.78, 5) is 12.5. The van der Waals surface area contributed by atoms with E-state index in [0.717, 1.165) is 12.1 Å². The Morgan fingerprint density at radius 3 is 2.32 bits per heavy atom. The van der Waals surface area contributed by atoms with Gasteiger partial charge < -0.3 is 44.9 Å². The minimum Gasteiger partial charge on any atom is -0.508 e. The van der Waals surface area contributed by atoms with Crippen molar-refractivity contribution in [3.63, 3.8) is 0 Å². The van der Waals surface area contributed by atoms with E-state index in [4.69, 9.17) is 9.15 Å². The molecule has 1 fully saturated rings. The summed E-state index contributed by atoms with van der Waals surface area (Å²) in [6.07, 6.45) is -7.27. The summed E-state index contributed by atoms with van der Waals surface area (Å²) in [5.41, 5.74) is -0.332. The van der Waals surface area contributed by atoms with E-state index >= 15 is 0 Å². The lowest BCUT2D eigenvalue weighted by Gasteiger charge is -2.40. The highest BCUT2D eigenvalue weighted by molar-refractivity contribution is 5.86. The standard InChI is InChI=1S/C21H20O10/c22-7-16-18(27)19(28)20(29)21(31-16)10-3-8(1-2-11(10)24)14-6-13(26)17-12(25)4-9(23)5-15(17)30-14/h1-6,16,18-25,27-29H,7H2/t16-,18-,19+,20-,21+/m0/s1. The monoisotopic (exact) mass is 432 g/mol. The Balaban J connectivity index is 1.81. The van der Waals surface area contributed by atoms with Crippen molar-refractivity contribution in [2.45, 2.75) is 30.5 Å². The lowest BCUT2D eigenvalue weighted by molar-refractivity contribution is -0.232. The maximum Gasteiger partial charge on any atom is 0.197 e. The van der Waals surface area contributed by atoms with Crippen molar-refractivity contribution in [2.75, 3.05) is 6.61 Å². The van der Waals surface area contributed by atoms with Crippen LogP contribution in [-0.4, -0.2) is 66.8 Å². The second-order valence-corrected chi connectivity index (χ2v) is 7.34. The number of rotatable bonds is 3. The number of phenolic OH excluding ortho intramolecular Hbond substituents is 3. The molecule has 10 nitrogen and oxygen atoms in total. The molecule has 5 atom stereocenters. The molecule has 0 aliphatic carbocycles. The zero-order chi connectivity index (χ0) is 22.4. The van der Waals surface area contributed by atoms with Gasteiger partial charge in [0.05, 0.1) is 6.61 Å². The fraction of sp³-hybridized carbons (Fsp3) is 0.286. The molecule has 2 heterocycles. The van der Waals surface area contributed by atoms with Gasteiger partial charge in [-0.3, -0.25) is 4.79 Å². The molecule has 0 radical (unpaired) electrons. The number of fused-ring (bicyclic) bond motifs is 1. The predicted molar refractivity (Wildman–Crippen MR) is 106 cm³/mol. The topological polar surface area (TPSA) is 181 Å². The van der Waals surface area contributed by atoms with Gasteiger partial charge in [-0.2, -0.15) is 0 Å². The SMILES string of the molecule is O=c1cc(-c2ccc(O)c([C@H]3O[C@@H](CO)[C@H](O)[C@@H](O)[C@@H]3O)c2)oc2cc(O)cc(O)c12. The summed E-state index contributed by atoms with van der Waals surface area (Å²) in [6.45, 7) is -0.631. The van der Waals surface area contributed by atoms with E-state index < -0.39 is 48.3 Å². The number of aliphatic hydroxyl groups excluding tert-OH is 4. The van der Waals surface area contributed by atoms with Gasteiger partial charge in [-0.05, 0) is 18.2 Å². The smallest absolute Gasteiger partial charge is 0.197 e. The van der Waals surface area contributed by atoms with E-state index in [0.29, 0.717) is 0 Å². The molecule has 10 heteroatoms. The van der Waals surface area contributed by atoms with Crippen LogP contribution in [0.2, 0.25) is 0 Å². The summed E-state index contributed by atoms with van der Waals surface area (Å²) < 4.78 is 11.1. The summed E-state index contributed by atoms with van der Waals surface area (Å²) in [7, 11) is 0. The Morgan fingerprint density at radius 2 is 1.61 bits per heavy atom. The molecule has 1 aliphatic rings. The summed E-state index contributed by atoms with van der Waals surface area (Å²) >= 11 is 0. The molecule has 0 spiro atoms. The van der Waals surface area contributed by atoms with E-state index in [2.05, 4.69) is 0 Å². The quantitative estimate of drug-likeness (QED) is 0.300. The Bertz CT molecular complexity index is 1180. The second-order valence-electron chi connectivity index (χ2n) is 7.34. The normalized spacial score (nSPS) is 26.3. The average Bonchev–Trinajstić information content (AvgIpc) is 2.72. The molecule has 0 saturated carbocycles. The zero-order valence-electron chi connectivity index (χ0n) is 15.9. The van der Waals surface area contributed by atoms with Crippen LogP contribution in [0.4, 0.5) is 0 Å². The van der Waals surface area contributed by atoms with Crippen molar-refractivity contribution in [1.29, 1.82) is 0 Å². The van der Waals surface area contributed by atoms with Crippen LogP contribution in [0.25, 0.3) is 22.3 Å². The van der Waals surface area contributed by atoms with E-state index in [1.807, 2.05) is 0 Å². The van der Waals surface area contributed by atoms with Crippen molar-refractivity contribution < 1.29 is 44.9 Å². The molecule has 1 saturated heterocycles. The molecule has 1 aliphatic heterocycles. The number of aliphatic hydroxyl groups is 4. The second kappa shape index (κ2) is 7.84. The molecule has 164 valence electrons. The average molecular weight is 432 g/mol. The molecule has 2 aromatic carbocycles.